The maximum atomic E-state index is 4.52. The molecule has 0 unspecified atom stereocenters. The number of hydrogen-bond acceptors (Lipinski definition) is 4. The highest BCUT2D eigenvalue weighted by molar-refractivity contribution is 5.36. The Kier molecular flexibility index (Phi) is 4.93. The number of rotatable bonds is 5. The molecule has 18 heavy (non-hydrogen) atoms. The fourth-order valence-electron chi connectivity index (χ4n) is 2.64. The normalized spacial score (nSPS) is 17.1. The summed E-state index contributed by atoms with van der Waals surface area (Å²) < 4.78 is 0. The van der Waals surface area contributed by atoms with Gasteiger partial charge in [-0.3, -0.25) is 4.98 Å². The van der Waals surface area contributed by atoms with E-state index in [4.69, 9.17) is 0 Å². The second kappa shape index (κ2) is 6.69. The molecule has 0 amide bonds. The zero-order valence-electron chi connectivity index (χ0n) is 11.5. The molecule has 1 aliphatic heterocycles. The lowest BCUT2D eigenvalue weighted by atomic mass is 9.92. The van der Waals surface area contributed by atoms with Gasteiger partial charge < -0.3 is 10.2 Å². The van der Waals surface area contributed by atoms with Crippen LogP contribution in [0.25, 0.3) is 0 Å². The quantitative estimate of drug-likeness (QED) is 0.867. The van der Waals surface area contributed by atoms with Gasteiger partial charge in [0.2, 0.25) is 0 Å². The van der Waals surface area contributed by atoms with E-state index in [1.165, 1.54) is 25.7 Å². The van der Waals surface area contributed by atoms with Crippen LogP contribution < -0.4 is 10.2 Å². The molecule has 0 spiro atoms. The lowest BCUT2D eigenvalue weighted by Gasteiger charge is -2.32. The van der Waals surface area contributed by atoms with Crippen LogP contribution in [0.15, 0.2) is 12.4 Å². The molecule has 4 heteroatoms. The summed E-state index contributed by atoms with van der Waals surface area (Å²) in [5.74, 6) is 1.95. The van der Waals surface area contributed by atoms with Gasteiger partial charge in [0.1, 0.15) is 5.82 Å². The number of nitrogens with zero attached hydrogens (tertiary/aromatic N) is 3. The SMILES string of the molecule is CCCC1CCN(c2cnc(CNC)cn2)CC1. The molecule has 4 nitrogen and oxygen atoms in total. The molecule has 1 aliphatic rings. The molecule has 0 atom stereocenters. The van der Waals surface area contributed by atoms with Crippen LogP contribution in [0.3, 0.4) is 0 Å². The van der Waals surface area contributed by atoms with Gasteiger partial charge in [-0.2, -0.15) is 0 Å². The third-order valence-corrected chi connectivity index (χ3v) is 3.69. The molecule has 1 fully saturated rings. The minimum absolute atomic E-state index is 0.784. The predicted octanol–water partition coefficient (Wildman–Crippen LogP) is 2.21. The van der Waals surface area contributed by atoms with Crippen LogP contribution in [-0.2, 0) is 6.54 Å². The fraction of sp³-hybridized carbons (Fsp3) is 0.714. The Bertz CT molecular complexity index is 341. The number of anilines is 1. The Morgan fingerprint density at radius 3 is 2.61 bits per heavy atom. The Morgan fingerprint density at radius 2 is 2.06 bits per heavy atom. The Morgan fingerprint density at radius 1 is 1.28 bits per heavy atom. The predicted molar refractivity (Wildman–Crippen MR) is 74.6 cm³/mol. The second-order valence-electron chi connectivity index (χ2n) is 5.12. The van der Waals surface area contributed by atoms with Crippen LogP contribution in [0.2, 0.25) is 0 Å². The van der Waals surface area contributed by atoms with Crippen LogP contribution >= 0.6 is 0 Å². The summed E-state index contributed by atoms with van der Waals surface area (Å²) in [5.41, 5.74) is 1.00. The number of hydrogen-bond donors (Lipinski definition) is 1. The average molecular weight is 248 g/mol. The van der Waals surface area contributed by atoms with Gasteiger partial charge in [0.25, 0.3) is 0 Å². The summed E-state index contributed by atoms with van der Waals surface area (Å²) in [4.78, 5) is 11.3. The zero-order valence-corrected chi connectivity index (χ0v) is 11.5. The van der Waals surface area contributed by atoms with Gasteiger partial charge in [-0.15, -0.1) is 0 Å². The first-order chi connectivity index (χ1) is 8.83. The molecule has 100 valence electrons. The molecular weight excluding hydrogens is 224 g/mol. The van der Waals surface area contributed by atoms with Crippen molar-refractivity contribution in [2.24, 2.45) is 5.92 Å². The zero-order chi connectivity index (χ0) is 12.8. The first-order valence-electron chi connectivity index (χ1n) is 7.04. The summed E-state index contributed by atoms with van der Waals surface area (Å²) in [7, 11) is 1.92. The Hall–Kier alpha value is -1.16. The van der Waals surface area contributed by atoms with Gasteiger partial charge in [0.05, 0.1) is 18.1 Å². The number of nitrogens with one attached hydrogen (secondary N) is 1. The van der Waals surface area contributed by atoms with Gasteiger partial charge >= 0.3 is 0 Å². The molecule has 0 aromatic carbocycles. The third-order valence-electron chi connectivity index (χ3n) is 3.69. The molecule has 2 rings (SSSR count). The highest BCUT2D eigenvalue weighted by Crippen LogP contribution is 2.24. The van der Waals surface area contributed by atoms with Crippen molar-refractivity contribution in [1.82, 2.24) is 15.3 Å². The lowest BCUT2D eigenvalue weighted by Crippen LogP contribution is -2.34. The third kappa shape index (κ3) is 3.42. The summed E-state index contributed by atoms with van der Waals surface area (Å²) in [6.07, 6.45) is 9.07. The topological polar surface area (TPSA) is 41.1 Å². The van der Waals surface area contributed by atoms with Gasteiger partial charge in [0, 0.05) is 19.6 Å². The van der Waals surface area contributed by atoms with E-state index in [0.717, 1.165) is 37.1 Å². The smallest absolute Gasteiger partial charge is 0.147 e. The largest absolute Gasteiger partial charge is 0.355 e. The Labute approximate surface area is 110 Å². The van der Waals surface area contributed by atoms with Gasteiger partial charge in [-0.25, -0.2) is 4.98 Å². The number of aromatic nitrogens is 2. The summed E-state index contributed by atoms with van der Waals surface area (Å²) in [6.45, 7) is 5.32. The molecule has 2 heterocycles. The van der Waals surface area contributed by atoms with Crippen molar-refractivity contribution in [2.45, 2.75) is 39.2 Å². The monoisotopic (exact) mass is 248 g/mol. The van der Waals surface area contributed by atoms with E-state index in [-0.39, 0.29) is 0 Å². The van der Waals surface area contributed by atoms with E-state index in [1.54, 1.807) is 0 Å². The van der Waals surface area contributed by atoms with Gasteiger partial charge in [-0.1, -0.05) is 19.8 Å². The maximum absolute atomic E-state index is 4.52. The van der Waals surface area contributed by atoms with Crippen LogP contribution in [0, 0.1) is 5.92 Å². The van der Waals surface area contributed by atoms with Crippen molar-refractivity contribution in [1.29, 1.82) is 0 Å². The van der Waals surface area contributed by atoms with Crippen LogP contribution in [0.4, 0.5) is 5.82 Å². The molecule has 1 saturated heterocycles. The number of piperidine rings is 1. The van der Waals surface area contributed by atoms with E-state index in [1.807, 2.05) is 19.4 Å². The molecule has 0 aliphatic carbocycles. The van der Waals surface area contributed by atoms with Crippen molar-refractivity contribution >= 4 is 5.82 Å². The van der Waals surface area contributed by atoms with E-state index in [9.17, 15) is 0 Å². The van der Waals surface area contributed by atoms with Gasteiger partial charge in [0.15, 0.2) is 0 Å². The van der Waals surface area contributed by atoms with Crippen molar-refractivity contribution in [3.05, 3.63) is 18.1 Å². The Balaban J connectivity index is 1.89. The highest BCUT2D eigenvalue weighted by Gasteiger charge is 2.19. The molecule has 1 N–H and O–H groups in total. The van der Waals surface area contributed by atoms with Crippen LogP contribution in [0.5, 0.6) is 0 Å². The molecule has 0 saturated carbocycles. The van der Waals surface area contributed by atoms with E-state index < -0.39 is 0 Å². The van der Waals surface area contributed by atoms with Crippen LogP contribution in [0.1, 0.15) is 38.3 Å². The fourth-order valence-corrected chi connectivity index (χ4v) is 2.64. The average Bonchev–Trinajstić information content (AvgIpc) is 2.41. The molecule has 1 aromatic rings. The molecule has 1 aromatic heterocycles. The molecule has 0 bridgehead atoms. The second-order valence-corrected chi connectivity index (χ2v) is 5.12. The lowest BCUT2D eigenvalue weighted by molar-refractivity contribution is 0.377. The first-order valence-corrected chi connectivity index (χ1v) is 7.04. The van der Waals surface area contributed by atoms with Crippen molar-refractivity contribution in [2.75, 3.05) is 25.0 Å². The van der Waals surface area contributed by atoms with Crippen molar-refractivity contribution in [3.63, 3.8) is 0 Å². The summed E-state index contributed by atoms with van der Waals surface area (Å²) in [5, 5.41) is 3.09. The maximum Gasteiger partial charge on any atom is 0.147 e. The van der Waals surface area contributed by atoms with E-state index >= 15 is 0 Å². The first kappa shape index (κ1) is 13.3. The molecule has 0 radical (unpaired) electrons. The van der Waals surface area contributed by atoms with Crippen molar-refractivity contribution in [3.8, 4) is 0 Å². The standard InChI is InChI=1S/C14H24N4/c1-3-4-12-5-7-18(8-6-12)14-11-16-13(9-15-2)10-17-14/h10-12,15H,3-9H2,1-2H3. The minimum Gasteiger partial charge on any atom is -0.355 e. The van der Waals surface area contributed by atoms with E-state index in [2.05, 4.69) is 27.1 Å². The van der Waals surface area contributed by atoms with Crippen LogP contribution in [-0.4, -0.2) is 30.1 Å². The van der Waals surface area contributed by atoms with Crippen molar-refractivity contribution < 1.29 is 0 Å². The minimum atomic E-state index is 0.784. The van der Waals surface area contributed by atoms with Gasteiger partial charge in [-0.05, 0) is 25.8 Å². The van der Waals surface area contributed by atoms with E-state index in [0.29, 0.717) is 0 Å². The molecular formula is C14H24N4. The summed E-state index contributed by atoms with van der Waals surface area (Å²) >= 11 is 0. The highest BCUT2D eigenvalue weighted by atomic mass is 15.2. The summed E-state index contributed by atoms with van der Waals surface area (Å²) in [6, 6.07) is 0.